The predicted molar refractivity (Wildman–Crippen MR) is 123 cm³/mol. The van der Waals surface area contributed by atoms with E-state index in [2.05, 4.69) is 44.3 Å². The van der Waals surface area contributed by atoms with Gasteiger partial charge in [0.05, 0.1) is 36.1 Å². The Balaban J connectivity index is 1.33. The molecule has 1 fully saturated rings. The molecule has 4 aromatic heterocycles. The van der Waals surface area contributed by atoms with Gasteiger partial charge in [-0.25, -0.2) is 4.98 Å². The fourth-order valence-corrected chi connectivity index (χ4v) is 3.73. The molecule has 0 radical (unpaired) electrons. The second kappa shape index (κ2) is 8.60. The normalized spacial score (nSPS) is 14.8. The fourth-order valence-electron chi connectivity index (χ4n) is 3.73. The molecule has 9 nitrogen and oxygen atoms in total. The quantitative estimate of drug-likeness (QED) is 0.461. The van der Waals surface area contributed by atoms with Crippen molar-refractivity contribution < 1.29 is 5.11 Å². The van der Waals surface area contributed by atoms with Crippen molar-refractivity contribution in [3.05, 3.63) is 54.6 Å². The zero-order chi connectivity index (χ0) is 22.1. The van der Waals surface area contributed by atoms with Gasteiger partial charge in [-0.3, -0.25) is 14.6 Å². The Morgan fingerprint density at radius 2 is 1.91 bits per heavy atom. The molecule has 4 aromatic rings. The van der Waals surface area contributed by atoms with E-state index in [0.717, 1.165) is 53.9 Å². The summed E-state index contributed by atoms with van der Waals surface area (Å²) < 4.78 is 1.93. The molecule has 32 heavy (non-hydrogen) atoms. The smallest absolute Gasteiger partial charge is 0.154 e. The van der Waals surface area contributed by atoms with E-state index in [0.29, 0.717) is 17.6 Å². The van der Waals surface area contributed by atoms with Crippen LogP contribution in [0, 0.1) is 0 Å². The van der Waals surface area contributed by atoms with Crippen LogP contribution >= 0.6 is 0 Å². The number of likely N-dealkylation sites (tertiary alicyclic amines) is 1. The van der Waals surface area contributed by atoms with Crippen LogP contribution < -0.4 is 5.32 Å². The molecule has 0 aliphatic carbocycles. The number of nitrogens with zero attached hydrogens (tertiary/aromatic N) is 7. The molecular formula is C23H26N8O. The second-order valence-electron chi connectivity index (χ2n) is 8.52. The number of aromatic nitrogens is 6. The van der Waals surface area contributed by atoms with Gasteiger partial charge in [-0.05, 0) is 35.7 Å². The second-order valence-corrected chi connectivity index (χ2v) is 8.52. The lowest BCUT2D eigenvalue weighted by Crippen LogP contribution is -2.51. The molecule has 1 aliphatic heterocycles. The molecule has 2 N–H and O–H groups in total. The standard InChI is InChI=1S/C23H26N8O/c1-15(2)16-8-23(29-25-10-16)28-22-4-3-20-21(27-22)7-17(9-24-20)18-11-26-31(12-18)6-5-30-13-19(32)14-30/h3-4,7-12,15,19,32H,5-6,13-14H2,1-2H3,(H,27,28,29). The number of β-amino-alcohol motifs (C(OH)–C–C–N with tert-alkyl or cyclic N) is 1. The highest BCUT2D eigenvalue weighted by molar-refractivity contribution is 5.81. The van der Waals surface area contributed by atoms with E-state index in [-0.39, 0.29) is 6.10 Å². The molecule has 5 rings (SSSR count). The Morgan fingerprint density at radius 3 is 2.72 bits per heavy atom. The van der Waals surface area contributed by atoms with Gasteiger partial charge in [0.25, 0.3) is 0 Å². The zero-order valence-corrected chi connectivity index (χ0v) is 18.2. The van der Waals surface area contributed by atoms with Crippen LogP contribution in [-0.2, 0) is 6.54 Å². The summed E-state index contributed by atoms with van der Waals surface area (Å²) in [4.78, 5) is 11.5. The largest absolute Gasteiger partial charge is 0.390 e. The summed E-state index contributed by atoms with van der Waals surface area (Å²) in [5.41, 5.74) is 4.70. The lowest BCUT2D eigenvalue weighted by molar-refractivity contribution is 0.0000451. The fraction of sp³-hybridized carbons (Fsp3) is 0.348. The van der Waals surface area contributed by atoms with Crippen LogP contribution in [0.25, 0.3) is 22.2 Å². The summed E-state index contributed by atoms with van der Waals surface area (Å²) in [6.07, 6.45) is 7.33. The summed E-state index contributed by atoms with van der Waals surface area (Å²) in [7, 11) is 0. The third-order valence-corrected chi connectivity index (χ3v) is 5.69. The Hall–Kier alpha value is -3.43. The van der Waals surface area contributed by atoms with Crippen LogP contribution in [0.1, 0.15) is 25.3 Å². The van der Waals surface area contributed by atoms with Gasteiger partial charge in [-0.2, -0.15) is 10.2 Å². The molecular weight excluding hydrogens is 404 g/mol. The van der Waals surface area contributed by atoms with Crippen molar-refractivity contribution in [3.8, 4) is 11.1 Å². The Labute approximate surface area is 186 Å². The van der Waals surface area contributed by atoms with Crippen LogP contribution in [0.4, 0.5) is 11.6 Å². The molecule has 0 bridgehead atoms. The molecule has 0 saturated carbocycles. The molecule has 0 unspecified atom stereocenters. The van der Waals surface area contributed by atoms with Crippen molar-refractivity contribution in [3.63, 3.8) is 0 Å². The van der Waals surface area contributed by atoms with Crippen LogP contribution in [0.3, 0.4) is 0 Å². The van der Waals surface area contributed by atoms with Crippen molar-refractivity contribution >= 4 is 22.7 Å². The summed E-state index contributed by atoms with van der Waals surface area (Å²) in [6, 6.07) is 7.85. The first-order valence-electron chi connectivity index (χ1n) is 10.8. The van der Waals surface area contributed by atoms with E-state index in [1.807, 2.05) is 47.5 Å². The zero-order valence-electron chi connectivity index (χ0n) is 18.2. The third-order valence-electron chi connectivity index (χ3n) is 5.69. The minimum Gasteiger partial charge on any atom is -0.390 e. The number of rotatable bonds is 7. The van der Waals surface area contributed by atoms with Gasteiger partial charge in [-0.1, -0.05) is 13.8 Å². The van der Waals surface area contributed by atoms with Crippen molar-refractivity contribution in [2.75, 3.05) is 25.0 Å². The lowest BCUT2D eigenvalue weighted by Gasteiger charge is -2.35. The van der Waals surface area contributed by atoms with E-state index < -0.39 is 0 Å². The maximum absolute atomic E-state index is 9.40. The van der Waals surface area contributed by atoms with Gasteiger partial charge in [0.2, 0.25) is 0 Å². The Morgan fingerprint density at radius 1 is 1.03 bits per heavy atom. The number of pyridine rings is 2. The minimum absolute atomic E-state index is 0.176. The number of aliphatic hydroxyl groups excluding tert-OH is 1. The van der Waals surface area contributed by atoms with Crippen LogP contribution in [0.15, 0.2) is 49.1 Å². The third kappa shape index (κ3) is 4.44. The van der Waals surface area contributed by atoms with E-state index in [1.54, 1.807) is 6.20 Å². The van der Waals surface area contributed by atoms with E-state index in [4.69, 9.17) is 4.98 Å². The molecule has 1 aliphatic rings. The molecule has 0 amide bonds. The summed E-state index contributed by atoms with van der Waals surface area (Å²) in [6.45, 7) is 7.41. The maximum Gasteiger partial charge on any atom is 0.154 e. The molecule has 9 heteroatoms. The van der Waals surface area contributed by atoms with E-state index in [9.17, 15) is 5.11 Å². The molecule has 164 valence electrons. The highest BCUT2D eigenvalue weighted by Crippen LogP contribution is 2.24. The molecule has 5 heterocycles. The molecule has 0 atom stereocenters. The first kappa shape index (κ1) is 20.5. The molecule has 0 spiro atoms. The maximum atomic E-state index is 9.40. The highest BCUT2D eigenvalue weighted by atomic mass is 16.3. The first-order chi connectivity index (χ1) is 15.5. The number of hydrogen-bond acceptors (Lipinski definition) is 8. The van der Waals surface area contributed by atoms with Gasteiger partial charge in [0.1, 0.15) is 5.82 Å². The number of fused-ring (bicyclic) bond motifs is 1. The lowest BCUT2D eigenvalue weighted by atomic mass is 10.1. The minimum atomic E-state index is -0.176. The van der Waals surface area contributed by atoms with Crippen LogP contribution in [0.2, 0.25) is 0 Å². The van der Waals surface area contributed by atoms with Crippen molar-refractivity contribution in [2.24, 2.45) is 0 Å². The van der Waals surface area contributed by atoms with Crippen LogP contribution in [0.5, 0.6) is 0 Å². The Bertz CT molecular complexity index is 1230. The highest BCUT2D eigenvalue weighted by Gasteiger charge is 2.23. The first-order valence-corrected chi connectivity index (χ1v) is 10.8. The number of aliphatic hydroxyl groups is 1. The van der Waals surface area contributed by atoms with Crippen LogP contribution in [-0.4, -0.2) is 65.7 Å². The van der Waals surface area contributed by atoms with Gasteiger partial charge < -0.3 is 10.4 Å². The van der Waals surface area contributed by atoms with Crippen molar-refractivity contribution in [2.45, 2.75) is 32.4 Å². The van der Waals surface area contributed by atoms with Gasteiger partial charge in [0.15, 0.2) is 5.82 Å². The number of nitrogens with one attached hydrogen (secondary N) is 1. The van der Waals surface area contributed by atoms with Gasteiger partial charge >= 0.3 is 0 Å². The van der Waals surface area contributed by atoms with Gasteiger partial charge in [-0.15, -0.1) is 5.10 Å². The average Bonchev–Trinajstić information content (AvgIpc) is 3.25. The Kier molecular flexibility index (Phi) is 5.50. The molecule has 0 aromatic carbocycles. The SMILES string of the molecule is CC(C)c1cnnc(Nc2ccc3ncc(-c4cnn(CCN5CC(O)C5)c4)cc3n2)c1. The summed E-state index contributed by atoms with van der Waals surface area (Å²) in [5, 5.41) is 25.4. The monoisotopic (exact) mass is 430 g/mol. The number of anilines is 2. The topological polar surface area (TPSA) is 105 Å². The average molecular weight is 431 g/mol. The van der Waals surface area contributed by atoms with Crippen molar-refractivity contribution in [1.29, 1.82) is 0 Å². The van der Waals surface area contributed by atoms with E-state index >= 15 is 0 Å². The predicted octanol–water partition coefficient (Wildman–Crippen LogP) is 2.83. The summed E-state index contributed by atoms with van der Waals surface area (Å²) in [5.74, 6) is 1.74. The molecule has 1 saturated heterocycles. The number of hydrogen-bond donors (Lipinski definition) is 2. The van der Waals surface area contributed by atoms with Gasteiger partial charge in [0, 0.05) is 43.2 Å². The van der Waals surface area contributed by atoms with E-state index in [1.165, 1.54) is 0 Å². The van der Waals surface area contributed by atoms with Crippen molar-refractivity contribution in [1.82, 2.24) is 34.8 Å². The summed E-state index contributed by atoms with van der Waals surface area (Å²) >= 11 is 0.